The Labute approximate surface area is 534 Å². The lowest BCUT2D eigenvalue weighted by molar-refractivity contribution is -0.126. The van der Waals surface area contributed by atoms with Gasteiger partial charge in [-0.1, -0.05) is 6.07 Å². The molecule has 1 spiro atoms. The summed E-state index contributed by atoms with van der Waals surface area (Å²) in [7, 11) is 0. The van der Waals surface area contributed by atoms with E-state index >= 15 is 0 Å². The molecule has 37 nitrogen and oxygen atoms in total. The number of nitrogens with two attached hydrogens (primary N) is 7. The van der Waals surface area contributed by atoms with Gasteiger partial charge in [0.1, 0.15) is 59.2 Å². The van der Waals surface area contributed by atoms with Crippen molar-refractivity contribution in [1.29, 1.82) is 32.5 Å². The molecule has 0 unspecified atom stereocenters. The Morgan fingerprint density at radius 3 is 1.00 bits per heavy atom. The summed E-state index contributed by atoms with van der Waals surface area (Å²) in [5, 5.41) is 87.1. The van der Waals surface area contributed by atoms with E-state index in [0.717, 1.165) is 0 Å². The standard InChI is InChI=1S/C57H73N25O12/c58-43(85)35-8-23(16-77(35)51(59)60)72-45(87)37-10-25(18-79(37)53(63)64)74-47(89)39-12-27(20-81(39)55(67)68)76-49(91)40-13-28(21-82(40)56(69)70)75-48(90)38-11-26(19-80(38)54(65)66)73-46(88)36-9-24(17-78(36)52(61)62)71-44(86)22-1-4-32-31(7-22)50(92)94-57(32)33-5-2-29(83)14-41(33)93-42-15-30(84)3-6-34(42)57/h1-7,14-15,23-28,35-40,83-84H,8-13,16-21H2,(H2,58,85)(H3,59,60)(H3,61,62)(H3,63,64)(H3,65,66)(H3,67,68)(H3,69,70)(H,71,86)(H,72,87)(H,73,88)(H,74,89)(H,75,90)(H,76,91)/t23-,24-,25-,26-,27-,28-,35-,36-,37-,38-,39-,40-/m0/s1. The number of ether oxygens (including phenoxy) is 2. The molecule has 0 radical (unpaired) electrons. The molecule has 3 aromatic rings. The number of hydrogen-bond acceptors (Lipinski definition) is 18. The largest absolute Gasteiger partial charge is 0.508 e. The number of nitrogens with one attached hydrogen (secondary N) is 12. The van der Waals surface area contributed by atoms with Gasteiger partial charge in [-0.25, -0.2) is 4.79 Å². The molecule has 8 heterocycles. The molecule has 7 amide bonds. The molecule has 0 bridgehead atoms. The summed E-state index contributed by atoms with van der Waals surface area (Å²) in [5.41, 5.74) is 40.6. The fourth-order valence-corrected chi connectivity index (χ4v) is 14.4. The Kier molecular flexibility index (Phi) is 16.7. The molecule has 11 rings (SSSR count). The minimum Gasteiger partial charge on any atom is -0.508 e. The number of aromatic hydroxyl groups is 2. The van der Waals surface area contributed by atoms with Crippen molar-refractivity contribution < 1.29 is 58.0 Å². The first-order valence-electron chi connectivity index (χ1n) is 30.0. The van der Waals surface area contributed by atoms with E-state index in [1.165, 1.54) is 65.8 Å². The van der Waals surface area contributed by atoms with E-state index in [9.17, 15) is 48.6 Å². The number of phenols is 2. The summed E-state index contributed by atoms with van der Waals surface area (Å²) in [5.74, 6) is -7.77. The van der Waals surface area contributed by atoms with Crippen molar-refractivity contribution in [3.63, 3.8) is 0 Å². The highest BCUT2D eigenvalue weighted by atomic mass is 16.6. The number of primary amides is 1. The van der Waals surface area contributed by atoms with Crippen molar-refractivity contribution in [2.45, 2.75) is 117 Å². The maximum Gasteiger partial charge on any atom is 0.340 e. The zero-order valence-corrected chi connectivity index (χ0v) is 50.3. The number of carbonyl (C=O) groups is 8. The number of guanidine groups is 6. The maximum absolute atomic E-state index is 14.2. The zero-order chi connectivity index (χ0) is 67.7. The summed E-state index contributed by atoms with van der Waals surface area (Å²) < 4.78 is 12.2. The monoisotopic (exact) mass is 1300 g/mol. The van der Waals surface area contributed by atoms with Crippen LogP contribution in [0.2, 0.25) is 0 Å². The lowest BCUT2D eigenvalue weighted by atomic mass is 9.77. The molecule has 8 aliphatic heterocycles. The molecule has 12 atom stereocenters. The van der Waals surface area contributed by atoms with Gasteiger partial charge in [-0.15, -0.1) is 0 Å². The van der Waals surface area contributed by atoms with Crippen LogP contribution in [0.5, 0.6) is 23.0 Å². The molecule has 94 heavy (non-hydrogen) atoms. The van der Waals surface area contributed by atoms with Gasteiger partial charge in [0.05, 0.1) is 5.56 Å². The summed E-state index contributed by atoms with van der Waals surface area (Å²) in [6.07, 6.45) is -0.0827. The predicted molar refractivity (Wildman–Crippen MR) is 330 cm³/mol. The highest BCUT2D eigenvalue weighted by molar-refractivity contribution is 6.02. The lowest BCUT2D eigenvalue weighted by Crippen LogP contribution is -2.52. The van der Waals surface area contributed by atoms with Gasteiger partial charge >= 0.3 is 5.97 Å². The number of likely N-dealkylation sites (tertiary alicyclic amines) is 6. The molecule has 37 heteroatoms. The topological polar surface area (TPSA) is 612 Å². The summed E-state index contributed by atoms with van der Waals surface area (Å²) in [6.45, 7) is -0.333. The van der Waals surface area contributed by atoms with E-state index in [2.05, 4.69) is 31.9 Å². The lowest BCUT2D eigenvalue weighted by Gasteiger charge is -2.36. The molecule has 0 aromatic heterocycles. The highest BCUT2D eigenvalue weighted by Crippen LogP contribution is 2.57. The normalized spacial score (nSPS) is 26.9. The highest BCUT2D eigenvalue weighted by Gasteiger charge is 2.55. The Morgan fingerprint density at radius 2 is 0.702 bits per heavy atom. The average Bonchev–Trinajstić information content (AvgIpc) is 1.45. The molecule has 0 aliphatic carbocycles. The van der Waals surface area contributed by atoms with Gasteiger partial charge in [0.2, 0.25) is 35.4 Å². The van der Waals surface area contributed by atoms with E-state index < -0.39 is 161 Å². The van der Waals surface area contributed by atoms with Crippen LogP contribution >= 0.6 is 0 Å². The first kappa shape index (κ1) is 64.0. The summed E-state index contributed by atoms with van der Waals surface area (Å²) in [6, 6.07) is 2.33. The van der Waals surface area contributed by atoms with Crippen LogP contribution in [0.4, 0.5) is 0 Å². The molecule has 0 saturated carbocycles. The Morgan fingerprint density at radius 1 is 0.415 bits per heavy atom. The number of rotatable bonds is 13. The van der Waals surface area contributed by atoms with Crippen molar-refractivity contribution in [3.05, 3.63) is 82.4 Å². The van der Waals surface area contributed by atoms with Crippen molar-refractivity contribution in [1.82, 2.24) is 61.3 Å². The molecular weight excluding hydrogens is 1230 g/mol. The smallest absolute Gasteiger partial charge is 0.340 e. The van der Waals surface area contributed by atoms with Crippen LogP contribution in [-0.2, 0) is 39.1 Å². The molecule has 3 aromatic carbocycles. The minimum absolute atomic E-state index is 0.00452. The third-order valence-electron chi connectivity index (χ3n) is 18.6. The molecule has 498 valence electrons. The number of esters is 1. The van der Waals surface area contributed by atoms with Crippen LogP contribution in [0.3, 0.4) is 0 Å². The van der Waals surface area contributed by atoms with Crippen molar-refractivity contribution >= 4 is 83.1 Å². The van der Waals surface area contributed by atoms with E-state index in [1.807, 2.05) is 0 Å². The van der Waals surface area contributed by atoms with Gasteiger partial charge in [-0.2, -0.15) is 0 Å². The Bertz CT molecular complexity index is 3700. The molecule has 28 N–H and O–H groups in total. The van der Waals surface area contributed by atoms with Crippen LogP contribution in [-0.4, -0.2) is 234 Å². The predicted octanol–water partition coefficient (Wildman–Crippen LogP) is -6.52. The summed E-state index contributed by atoms with van der Waals surface area (Å²) >= 11 is 0. The summed E-state index contributed by atoms with van der Waals surface area (Å²) in [4.78, 5) is 118. The third kappa shape index (κ3) is 11.9. The number of amides is 7. The number of phenolic OH excluding ortho intramolecular Hbond substituents is 2. The number of nitrogens with zero attached hydrogens (tertiary/aromatic N) is 6. The van der Waals surface area contributed by atoms with E-state index in [0.29, 0.717) is 16.7 Å². The fourth-order valence-electron chi connectivity index (χ4n) is 14.4. The zero-order valence-electron chi connectivity index (χ0n) is 50.3. The number of benzene rings is 3. The second-order valence-corrected chi connectivity index (χ2v) is 24.6. The molecule has 6 fully saturated rings. The Hall–Kier alpha value is -11.6. The van der Waals surface area contributed by atoms with Gasteiger partial charge in [-0.05, 0) is 74.9 Å². The number of carbonyl (C=O) groups excluding carboxylic acids is 8. The average molecular weight is 1300 g/mol. The first-order valence-corrected chi connectivity index (χ1v) is 30.0. The van der Waals surface area contributed by atoms with Crippen molar-refractivity contribution in [2.24, 2.45) is 40.1 Å². The van der Waals surface area contributed by atoms with Crippen LogP contribution in [0.15, 0.2) is 54.6 Å². The SMILES string of the molecule is N=C(N)N1C[C@@H](NC(=O)[C@@H]2C[C@H](NC(=O)[C@@H]3C[C@H](NC(=O)[C@@H]4C[C@H](NC(=O)[C@@H]5C[C@H](NC(=O)[C@@H]6C[C@H](NC(=O)c7ccc8c(c7)C(=O)OC87c8ccc(O)cc8Oc8cc(O)ccc87)CN6C(=N)N)CN5C(=N)N)CN4C(=N)N)CN3C(=N)N)CN2C(=N)N)C[C@H]1C(N)=O. The molecule has 6 saturated heterocycles. The van der Waals surface area contributed by atoms with Crippen molar-refractivity contribution in [2.75, 3.05) is 39.3 Å². The van der Waals surface area contributed by atoms with Crippen LogP contribution in [0.1, 0.15) is 75.9 Å². The van der Waals surface area contributed by atoms with Gasteiger partial charge < -0.3 is 121 Å². The fraction of sp³-hybridized carbons (Fsp3) is 0.439. The van der Waals surface area contributed by atoms with E-state index in [1.54, 1.807) is 18.2 Å². The van der Waals surface area contributed by atoms with E-state index in [4.69, 9.17) is 82.1 Å². The second kappa shape index (κ2) is 24.6. The van der Waals surface area contributed by atoms with E-state index in [-0.39, 0.29) is 112 Å². The quantitative estimate of drug-likeness (QED) is 0.0430. The van der Waals surface area contributed by atoms with Crippen molar-refractivity contribution in [3.8, 4) is 23.0 Å². The van der Waals surface area contributed by atoms with Gasteiger partial charge in [0.15, 0.2) is 41.4 Å². The number of hydrogen-bond donors (Lipinski definition) is 21. The first-order chi connectivity index (χ1) is 44.5. The molecule has 8 aliphatic rings. The maximum atomic E-state index is 14.2. The van der Waals surface area contributed by atoms with Crippen LogP contribution in [0, 0.1) is 32.5 Å². The second-order valence-electron chi connectivity index (χ2n) is 24.6. The van der Waals surface area contributed by atoms with Gasteiger partial charge in [-0.3, -0.25) is 66.0 Å². The van der Waals surface area contributed by atoms with Crippen LogP contribution < -0.4 is 76.8 Å². The minimum atomic E-state index is -1.57. The number of fused-ring (bicyclic) bond motifs is 6. The Balaban J connectivity index is 0.680. The molecular formula is C57H73N25O12. The van der Waals surface area contributed by atoms with Crippen LogP contribution in [0.25, 0.3) is 0 Å². The van der Waals surface area contributed by atoms with Gasteiger partial charge in [0.25, 0.3) is 5.91 Å². The van der Waals surface area contributed by atoms with Gasteiger partial charge in [0, 0.05) is 110 Å². The third-order valence-corrected chi connectivity index (χ3v) is 18.6.